The molecule has 2 rings (SSSR count). The summed E-state index contributed by atoms with van der Waals surface area (Å²) in [6.07, 6.45) is 6.55. The zero-order valence-electron chi connectivity index (χ0n) is 16.2. The van der Waals surface area contributed by atoms with Gasteiger partial charge in [-0.25, -0.2) is 0 Å². The second-order valence-corrected chi connectivity index (χ2v) is 6.02. The van der Waals surface area contributed by atoms with E-state index in [1.54, 1.807) is 44.6 Å². The van der Waals surface area contributed by atoms with Gasteiger partial charge in [0.2, 0.25) is 5.91 Å². The first-order chi connectivity index (χ1) is 13.2. The van der Waals surface area contributed by atoms with Crippen molar-refractivity contribution in [3.05, 3.63) is 54.1 Å². The van der Waals surface area contributed by atoms with Crippen molar-refractivity contribution in [3.63, 3.8) is 0 Å². The molecule has 2 aromatic rings. The summed E-state index contributed by atoms with van der Waals surface area (Å²) in [6, 6.07) is 12.8. The molecule has 0 unspecified atom stereocenters. The topological polar surface area (TPSA) is 56.8 Å². The Hall–Kier alpha value is -2.95. The average molecular weight is 369 g/mol. The maximum absolute atomic E-state index is 12.1. The number of nitrogens with one attached hydrogen (secondary N) is 1. The van der Waals surface area contributed by atoms with Crippen LogP contribution in [0.25, 0.3) is 6.08 Å². The van der Waals surface area contributed by atoms with Crippen LogP contribution >= 0.6 is 0 Å². The Labute approximate surface area is 161 Å². The van der Waals surface area contributed by atoms with Crippen LogP contribution in [0, 0.1) is 0 Å². The lowest BCUT2D eigenvalue weighted by Crippen LogP contribution is -2.07. The largest absolute Gasteiger partial charge is 0.497 e. The monoisotopic (exact) mass is 369 g/mol. The van der Waals surface area contributed by atoms with Gasteiger partial charge in [0, 0.05) is 11.8 Å². The van der Waals surface area contributed by atoms with Crippen molar-refractivity contribution in [3.8, 4) is 17.2 Å². The molecule has 144 valence electrons. The fraction of sp³-hybridized carbons (Fsp3) is 0.318. The van der Waals surface area contributed by atoms with E-state index in [4.69, 9.17) is 14.2 Å². The smallest absolute Gasteiger partial charge is 0.248 e. The first kappa shape index (κ1) is 20.4. The third-order valence-corrected chi connectivity index (χ3v) is 3.98. The molecular weight excluding hydrogens is 342 g/mol. The van der Waals surface area contributed by atoms with Gasteiger partial charge in [-0.1, -0.05) is 25.8 Å². The second kappa shape index (κ2) is 10.9. The Kier molecular flexibility index (Phi) is 8.23. The molecule has 27 heavy (non-hydrogen) atoms. The van der Waals surface area contributed by atoms with E-state index in [1.165, 1.54) is 6.08 Å². The maximum Gasteiger partial charge on any atom is 0.248 e. The molecule has 2 aromatic carbocycles. The van der Waals surface area contributed by atoms with Gasteiger partial charge < -0.3 is 19.5 Å². The summed E-state index contributed by atoms with van der Waals surface area (Å²) in [5.41, 5.74) is 1.57. The molecule has 0 aromatic heterocycles. The number of carbonyl (C=O) groups is 1. The van der Waals surface area contributed by atoms with Gasteiger partial charge in [0.25, 0.3) is 0 Å². The third kappa shape index (κ3) is 6.70. The van der Waals surface area contributed by atoms with Crippen molar-refractivity contribution in [2.75, 3.05) is 26.1 Å². The fourth-order valence-corrected chi connectivity index (χ4v) is 2.47. The number of hydrogen-bond donors (Lipinski definition) is 1. The highest BCUT2D eigenvalue weighted by molar-refractivity contribution is 6.01. The van der Waals surface area contributed by atoms with Crippen LogP contribution in [-0.4, -0.2) is 26.7 Å². The average Bonchev–Trinajstić information content (AvgIpc) is 2.70. The van der Waals surface area contributed by atoms with Gasteiger partial charge >= 0.3 is 0 Å². The molecule has 5 nitrogen and oxygen atoms in total. The molecule has 0 bridgehead atoms. The highest BCUT2D eigenvalue weighted by Gasteiger charge is 2.05. The maximum atomic E-state index is 12.1. The molecule has 0 saturated carbocycles. The Morgan fingerprint density at radius 2 is 1.78 bits per heavy atom. The number of methoxy groups -OCH3 is 2. The van der Waals surface area contributed by atoms with Gasteiger partial charge in [0.15, 0.2) is 11.5 Å². The lowest BCUT2D eigenvalue weighted by molar-refractivity contribution is -0.111. The summed E-state index contributed by atoms with van der Waals surface area (Å²) in [7, 11) is 3.21. The first-order valence-electron chi connectivity index (χ1n) is 9.10. The van der Waals surface area contributed by atoms with Crippen LogP contribution in [-0.2, 0) is 4.79 Å². The summed E-state index contributed by atoms with van der Waals surface area (Å²) in [6.45, 7) is 2.83. The van der Waals surface area contributed by atoms with Crippen LogP contribution in [0.15, 0.2) is 48.5 Å². The zero-order valence-corrected chi connectivity index (χ0v) is 16.2. The van der Waals surface area contributed by atoms with Crippen molar-refractivity contribution >= 4 is 17.7 Å². The number of ether oxygens (including phenoxy) is 3. The second-order valence-electron chi connectivity index (χ2n) is 6.02. The molecule has 0 atom stereocenters. The van der Waals surface area contributed by atoms with Crippen molar-refractivity contribution in [1.82, 2.24) is 0 Å². The fourth-order valence-electron chi connectivity index (χ4n) is 2.47. The zero-order chi connectivity index (χ0) is 19.5. The highest BCUT2D eigenvalue weighted by atomic mass is 16.5. The van der Waals surface area contributed by atoms with Crippen LogP contribution in [0.5, 0.6) is 17.2 Å². The Morgan fingerprint density at radius 1 is 1.00 bits per heavy atom. The normalized spacial score (nSPS) is 10.6. The molecule has 1 amide bonds. The van der Waals surface area contributed by atoms with Gasteiger partial charge in [-0.3, -0.25) is 4.79 Å². The standard InChI is InChI=1S/C22H27NO4/c1-4-5-6-15-27-20-13-7-17(16-21(20)26-3)8-14-22(24)23-18-9-11-19(25-2)12-10-18/h7-14,16H,4-6,15H2,1-3H3,(H,23,24)/b14-8+. The molecule has 0 spiro atoms. The SMILES string of the molecule is CCCCCOc1ccc(/C=C/C(=O)Nc2ccc(OC)cc2)cc1OC. The minimum atomic E-state index is -0.209. The van der Waals surface area contributed by atoms with Crippen molar-refractivity contribution in [1.29, 1.82) is 0 Å². The lowest BCUT2D eigenvalue weighted by atomic mass is 10.2. The highest BCUT2D eigenvalue weighted by Crippen LogP contribution is 2.28. The van der Waals surface area contributed by atoms with Gasteiger partial charge in [-0.2, -0.15) is 0 Å². The Balaban J connectivity index is 1.95. The van der Waals surface area contributed by atoms with Gasteiger partial charge in [-0.15, -0.1) is 0 Å². The summed E-state index contributed by atoms with van der Waals surface area (Å²) in [5, 5.41) is 2.81. The molecule has 0 heterocycles. The number of hydrogen-bond acceptors (Lipinski definition) is 4. The lowest BCUT2D eigenvalue weighted by Gasteiger charge is -2.11. The summed E-state index contributed by atoms with van der Waals surface area (Å²) in [4.78, 5) is 12.1. The number of rotatable bonds is 10. The predicted octanol–water partition coefficient (Wildman–Crippen LogP) is 4.92. The van der Waals surface area contributed by atoms with E-state index in [2.05, 4.69) is 12.2 Å². The predicted molar refractivity (Wildman–Crippen MR) is 109 cm³/mol. The van der Waals surface area contributed by atoms with E-state index < -0.39 is 0 Å². The van der Waals surface area contributed by atoms with Gasteiger partial charge in [0.1, 0.15) is 5.75 Å². The summed E-state index contributed by atoms with van der Waals surface area (Å²) in [5.74, 6) is 1.91. The number of amides is 1. The van der Waals surface area contributed by atoms with E-state index >= 15 is 0 Å². The van der Waals surface area contributed by atoms with Crippen LogP contribution in [0.1, 0.15) is 31.7 Å². The van der Waals surface area contributed by atoms with Gasteiger partial charge in [-0.05, 0) is 54.5 Å². The van der Waals surface area contributed by atoms with Crippen LogP contribution in [0.4, 0.5) is 5.69 Å². The molecule has 1 N–H and O–H groups in total. The molecule has 0 aliphatic rings. The third-order valence-electron chi connectivity index (χ3n) is 3.98. The number of benzene rings is 2. The van der Waals surface area contributed by atoms with Crippen molar-refractivity contribution in [2.24, 2.45) is 0 Å². The number of unbranched alkanes of at least 4 members (excludes halogenated alkanes) is 2. The molecule has 0 fully saturated rings. The van der Waals surface area contributed by atoms with Gasteiger partial charge in [0.05, 0.1) is 20.8 Å². The molecule has 0 aliphatic heterocycles. The molecule has 0 aliphatic carbocycles. The summed E-state index contributed by atoms with van der Waals surface area (Å²) < 4.78 is 16.3. The van der Waals surface area contributed by atoms with Crippen molar-refractivity contribution < 1.29 is 19.0 Å². The molecule has 0 saturated heterocycles. The van der Waals surface area contributed by atoms with Crippen LogP contribution < -0.4 is 19.5 Å². The van der Waals surface area contributed by atoms with E-state index in [1.807, 2.05) is 18.2 Å². The molecule has 5 heteroatoms. The van der Waals surface area contributed by atoms with E-state index in [0.29, 0.717) is 23.8 Å². The quantitative estimate of drug-likeness (QED) is 0.477. The van der Waals surface area contributed by atoms with E-state index in [-0.39, 0.29) is 5.91 Å². The summed E-state index contributed by atoms with van der Waals surface area (Å²) >= 11 is 0. The minimum absolute atomic E-state index is 0.209. The molecule has 0 radical (unpaired) electrons. The Morgan fingerprint density at radius 3 is 2.44 bits per heavy atom. The van der Waals surface area contributed by atoms with Crippen LogP contribution in [0.2, 0.25) is 0 Å². The Bertz CT molecular complexity index is 753. The first-order valence-corrected chi connectivity index (χ1v) is 9.10. The van der Waals surface area contributed by atoms with Crippen molar-refractivity contribution in [2.45, 2.75) is 26.2 Å². The number of anilines is 1. The van der Waals surface area contributed by atoms with E-state index in [0.717, 1.165) is 30.6 Å². The number of carbonyl (C=O) groups excluding carboxylic acids is 1. The molecular formula is C22H27NO4. The minimum Gasteiger partial charge on any atom is -0.497 e. The van der Waals surface area contributed by atoms with E-state index in [9.17, 15) is 4.79 Å². The van der Waals surface area contributed by atoms with Crippen LogP contribution in [0.3, 0.4) is 0 Å².